The summed E-state index contributed by atoms with van der Waals surface area (Å²) in [5, 5.41) is 28.3. The molecular weight excluding hydrogens is 524 g/mol. The number of likely N-dealkylation sites (N-methyl/N-ethyl adjacent to an activating group) is 1. The number of benzene rings is 1. The molecular formula is C28H36N2O10. The van der Waals surface area contributed by atoms with Crippen LogP contribution in [0.1, 0.15) is 58.6 Å². The fourth-order valence-electron chi connectivity index (χ4n) is 6.19. The Morgan fingerprint density at radius 3 is 2.45 bits per heavy atom. The Bertz CT molecular complexity index is 1260. The third-order valence-corrected chi connectivity index (χ3v) is 8.17. The molecule has 0 radical (unpaired) electrons. The monoisotopic (exact) mass is 560 g/mol. The van der Waals surface area contributed by atoms with Crippen molar-refractivity contribution in [3.05, 3.63) is 35.1 Å². The maximum absolute atomic E-state index is 13.0. The van der Waals surface area contributed by atoms with Crippen LogP contribution in [0.2, 0.25) is 0 Å². The third kappa shape index (κ3) is 4.58. The van der Waals surface area contributed by atoms with Crippen LogP contribution < -0.4 is 15.4 Å². The quantitative estimate of drug-likeness (QED) is 0.250. The van der Waals surface area contributed by atoms with Gasteiger partial charge < -0.3 is 39.8 Å². The summed E-state index contributed by atoms with van der Waals surface area (Å²) in [7, 11) is 1.78. The number of aliphatic hydroxyl groups is 1. The molecule has 12 heteroatoms. The molecule has 1 aromatic carbocycles. The minimum Gasteiger partial charge on any atom is -0.504 e. The van der Waals surface area contributed by atoms with Gasteiger partial charge in [0, 0.05) is 24.9 Å². The molecule has 1 aromatic rings. The normalized spacial score (nSPS) is 28.1. The van der Waals surface area contributed by atoms with E-state index in [2.05, 4.69) is 10.6 Å². The second kappa shape index (κ2) is 10.7. The number of nitrogens with one attached hydrogen (secondary N) is 2. The number of amides is 1. The minimum atomic E-state index is -1.35. The Morgan fingerprint density at radius 1 is 1.12 bits per heavy atom. The molecule has 40 heavy (non-hydrogen) atoms. The van der Waals surface area contributed by atoms with Crippen LogP contribution in [0.4, 0.5) is 0 Å². The Balaban J connectivity index is 1.51. The van der Waals surface area contributed by atoms with Gasteiger partial charge in [0.05, 0.1) is 11.0 Å². The molecule has 1 aliphatic heterocycles. The zero-order valence-corrected chi connectivity index (χ0v) is 23.4. The molecule has 0 spiro atoms. The van der Waals surface area contributed by atoms with E-state index in [1.54, 1.807) is 19.2 Å². The van der Waals surface area contributed by atoms with E-state index in [4.69, 9.17) is 18.9 Å². The van der Waals surface area contributed by atoms with Crippen LogP contribution in [0.15, 0.2) is 24.0 Å². The van der Waals surface area contributed by atoms with Crippen molar-refractivity contribution in [1.82, 2.24) is 10.6 Å². The molecule has 218 valence electrons. The molecule has 4 rings (SSSR count). The summed E-state index contributed by atoms with van der Waals surface area (Å²) < 4.78 is 21.9. The van der Waals surface area contributed by atoms with Crippen LogP contribution >= 0.6 is 0 Å². The molecule has 4 N–H and O–H groups in total. The van der Waals surface area contributed by atoms with Gasteiger partial charge in [0.15, 0.2) is 29.8 Å². The highest BCUT2D eigenvalue weighted by Gasteiger charge is 2.69. The van der Waals surface area contributed by atoms with Crippen molar-refractivity contribution in [1.29, 1.82) is 0 Å². The van der Waals surface area contributed by atoms with Gasteiger partial charge >= 0.3 is 17.9 Å². The predicted molar refractivity (Wildman–Crippen MR) is 139 cm³/mol. The van der Waals surface area contributed by atoms with Gasteiger partial charge in [-0.2, -0.15) is 0 Å². The highest BCUT2D eigenvalue weighted by molar-refractivity contribution is 5.88. The number of aromatic hydroxyl groups is 1. The molecule has 1 heterocycles. The molecule has 0 aromatic heterocycles. The third-order valence-electron chi connectivity index (χ3n) is 8.17. The first-order valence-corrected chi connectivity index (χ1v) is 13.3. The number of rotatable bonds is 9. The maximum atomic E-state index is 13.0. The van der Waals surface area contributed by atoms with Crippen LogP contribution in [0.25, 0.3) is 0 Å². The molecule has 12 nitrogen and oxygen atoms in total. The van der Waals surface area contributed by atoms with E-state index in [1.165, 1.54) is 20.8 Å². The largest absolute Gasteiger partial charge is 0.504 e. The molecule has 3 aliphatic rings. The van der Waals surface area contributed by atoms with E-state index >= 15 is 0 Å². The summed E-state index contributed by atoms with van der Waals surface area (Å²) in [4.78, 5) is 48.8. The minimum absolute atomic E-state index is 0.0711. The van der Waals surface area contributed by atoms with E-state index in [9.17, 15) is 29.4 Å². The first kappa shape index (κ1) is 29.3. The lowest BCUT2D eigenvalue weighted by atomic mass is 9.52. The van der Waals surface area contributed by atoms with Gasteiger partial charge in [0.1, 0.15) is 11.8 Å². The van der Waals surface area contributed by atoms with Crippen LogP contribution in [0.3, 0.4) is 0 Å². The van der Waals surface area contributed by atoms with Crippen molar-refractivity contribution in [2.75, 3.05) is 7.05 Å². The molecule has 0 bridgehead atoms. The Kier molecular flexibility index (Phi) is 7.88. The summed E-state index contributed by atoms with van der Waals surface area (Å²) in [6, 6.07) is 1.91. The Hall–Kier alpha value is -3.64. The van der Waals surface area contributed by atoms with E-state index in [1.807, 2.05) is 13.0 Å². The first-order chi connectivity index (χ1) is 18.8. The fourth-order valence-corrected chi connectivity index (χ4v) is 6.19. The lowest BCUT2D eigenvalue weighted by Crippen LogP contribution is -2.70. The molecule has 0 fully saturated rings. The SMILES string of the molecule is CC[C@]12c3c4ccc(O)c3O[C@H]1C(OC(=O)[C@H](C)OC(=O)[C@H](C)NC(=O)[C@H](C)OC(C)=O)=CC[C@@]2(O)[C@H](NC)C4. The van der Waals surface area contributed by atoms with Gasteiger partial charge in [-0.25, -0.2) is 9.59 Å². The number of carbonyl (C=O) groups excluding carboxylic acids is 4. The molecule has 0 unspecified atom stereocenters. The van der Waals surface area contributed by atoms with Crippen molar-refractivity contribution in [2.24, 2.45) is 0 Å². The highest BCUT2D eigenvalue weighted by atomic mass is 16.6. The summed E-state index contributed by atoms with van der Waals surface area (Å²) in [5.74, 6) is -2.79. The van der Waals surface area contributed by atoms with Gasteiger partial charge in [-0.05, 0) is 58.4 Å². The first-order valence-electron chi connectivity index (χ1n) is 13.3. The molecule has 1 amide bonds. The maximum Gasteiger partial charge on any atom is 0.352 e. The van der Waals surface area contributed by atoms with E-state index in [-0.39, 0.29) is 29.7 Å². The number of phenols is 1. The van der Waals surface area contributed by atoms with E-state index in [0.29, 0.717) is 18.4 Å². The molecule has 7 atom stereocenters. The van der Waals surface area contributed by atoms with Crippen molar-refractivity contribution in [2.45, 2.75) is 95.3 Å². The summed E-state index contributed by atoms with van der Waals surface area (Å²) in [6.07, 6.45) is -0.668. The zero-order chi connectivity index (χ0) is 29.6. The number of carbonyl (C=O) groups is 4. The van der Waals surface area contributed by atoms with Crippen LogP contribution in [-0.2, 0) is 45.2 Å². The average Bonchev–Trinajstić information content (AvgIpc) is 3.28. The van der Waals surface area contributed by atoms with Crippen molar-refractivity contribution >= 4 is 23.8 Å². The summed E-state index contributed by atoms with van der Waals surface area (Å²) >= 11 is 0. The van der Waals surface area contributed by atoms with E-state index < -0.39 is 59.2 Å². The van der Waals surface area contributed by atoms with Crippen molar-refractivity contribution in [3.63, 3.8) is 0 Å². The summed E-state index contributed by atoms with van der Waals surface area (Å²) in [5.41, 5.74) is -0.667. The van der Waals surface area contributed by atoms with E-state index in [0.717, 1.165) is 12.5 Å². The number of hydrogen-bond acceptors (Lipinski definition) is 11. The van der Waals surface area contributed by atoms with Crippen molar-refractivity contribution in [3.8, 4) is 11.5 Å². The zero-order valence-electron chi connectivity index (χ0n) is 23.4. The van der Waals surface area contributed by atoms with Gasteiger partial charge in [-0.1, -0.05) is 13.0 Å². The Morgan fingerprint density at radius 2 is 1.82 bits per heavy atom. The van der Waals surface area contributed by atoms with Gasteiger partial charge in [-0.3, -0.25) is 9.59 Å². The smallest absolute Gasteiger partial charge is 0.352 e. The standard InChI is InChI=1S/C28H36N2O10/c1-7-27-21-17-8-9-18(32)22(21)40-23(27)19(10-11-28(27,36)20(12-17)29-6)39-26(35)15(4)38-25(34)13(2)30-24(33)14(3)37-16(5)31/h8-10,13-15,20,23,29,32,36H,7,11-12H2,1-6H3,(H,30,33)/t13-,14-,15-,20+,23-,27-,28+/m0/s1. The lowest BCUT2D eigenvalue weighted by molar-refractivity contribution is -0.168. The second-order valence-electron chi connectivity index (χ2n) is 10.5. The van der Waals surface area contributed by atoms with Crippen LogP contribution in [0, 0.1) is 0 Å². The molecule has 0 saturated carbocycles. The highest BCUT2D eigenvalue weighted by Crippen LogP contribution is 2.63. The average molecular weight is 561 g/mol. The summed E-state index contributed by atoms with van der Waals surface area (Å²) in [6.45, 7) is 7.12. The lowest BCUT2D eigenvalue weighted by Gasteiger charge is -2.56. The number of ether oxygens (including phenoxy) is 4. The van der Waals surface area contributed by atoms with Crippen LogP contribution in [-0.4, -0.2) is 77.1 Å². The van der Waals surface area contributed by atoms with Crippen molar-refractivity contribution < 1.29 is 48.3 Å². The van der Waals surface area contributed by atoms with Gasteiger partial charge in [-0.15, -0.1) is 0 Å². The number of hydrogen-bond donors (Lipinski definition) is 4. The van der Waals surface area contributed by atoms with Crippen LogP contribution in [0.5, 0.6) is 11.5 Å². The Labute approximate surface area is 232 Å². The van der Waals surface area contributed by atoms with Gasteiger partial charge in [0.25, 0.3) is 5.91 Å². The topological polar surface area (TPSA) is 170 Å². The fraction of sp³-hybridized carbons (Fsp3) is 0.571. The molecule has 0 saturated heterocycles. The predicted octanol–water partition coefficient (Wildman–Crippen LogP) is 0.895. The molecule has 2 aliphatic carbocycles. The van der Waals surface area contributed by atoms with Gasteiger partial charge in [0.2, 0.25) is 0 Å². The number of esters is 3. The second-order valence-corrected chi connectivity index (χ2v) is 10.5. The number of phenolic OH excluding ortho intramolecular Hbond substituents is 1.